The Labute approximate surface area is 162 Å². The second kappa shape index (κ2) is 7.79. The highest BCUT2D eigenvalue weighted by atomic mass is 16.5. The average molecular weight is 364 g/mol. The molecule has 0 saturated carbocycles. The van der Waals surface area contributed by atoms with E-state index in [-0.39, 0.29) is 18.1 Å². The third-order valence-corrected chi connectivity index (χ3v) is 5.25. The largest absolute Gasteiger partial charge is 0.392 e. The zero-order valence-corrected chi connectivity index (χ0v) is 16.7. The number of hydrogen-bond donors (Lipinski definition) is 1. The zero-order chi connectivity index (χ0) is 19.6. The van der Waals surface area contributed by atoms with Crippen LogP contribution in [0.2, 0.25) is 0 Å². The summed E-state index contributed by atoms with van der Waals surface area (Å²) in [5, 5.41) is 12.4. The third kappa shape index (κ3) is 3.76. The van der Waals surface area contributed by atoms with Crippen molar-refractivity contribution in [2.45, 2.75) is 38.6 Å². The Morgan fingerprint density at radius 3 is 2.59 bits per heavy atom. The molecule has 1 heterocycles. The standard InChI is InChI=1S/C24H29NO2/c1-6-22-20-13-21(24(2,3)4)18-10-8-7-9-17(18)19(20)14-23(25-22)16(15-26)11-12-27-5/h6-11,13,23,26H,1,12,14-15H2,2-5H3/b16-11+. The molecule has 1 aliphatic rings. The van der Waals surface area contributed by atoms with Gasteiger partial charge < -0.3 is 9.84 Å². The van der Waals surface area contributed by atoms with Gasteiger partial charge in [-0.05, 0) is 51.5 Å². The van der Waals surface area contributed by atoms with E-state index >= 15 is 0 Å². The summed E-state index contributed by atoms with van der Waals surface area (Å²) in [6.07, 6.45) is 4.54. The number of hydrogen-bond acceptors (Lipinski definition) is 3. The molecule has 0 amide bonds. The Bertz CT molecular complexity index is 916. The van der Waals surface area contributed by atoms with Crippen LogP contribution in [0.25, 0.3) is 10.8 Å². The van der Waals surface area contributed by atoms with Crippen molar-refractivity contribution in [2.24, 2.45) is 4.99 Å². The lowest BCUT2D eigenvalue weighted by Gasteiger charge is -2.29. The average Bonchev–Trinajstić information content (AvgIpc) is 2.66. The number of methoxy groups -OCH3 is 1. The molecular formula is C24H29NO2. The summed E-state index contributed by atoms with van der Waals surface area (Å²) in [4.78, 5) is 4.91. The van der Waals surface area contributed by atoms with Crippen LogP contribution in [0.5, 0.6) is 0 Å². The minimum Gasteiger partial charge on any atom is -0.392 e. The number of allylic oxidation sites excluding steroid dienone is 1. The molecule has 0 radical (unpaired) electrons. The van der Waals surface area contributed by atoms with Gasteiger partial charge in [-0.3, -0.25) is 4.99 Å². The highest BCUT2D eigenvalue weighted by molar-refractivity contribution is 6.13. The maximum Gasteiger partial charge on any atom is 0.0780 e. The Kier molecular flexibility index (Phi) is 5.64. The topological polar surface area (TPSA) is 41.8 Å². The summed E-state index contributed by atoms with van der Waals surface area (Å²) in [5.41, 5.74) is 5.59. The number of aliphatic hydroxyl groups is 1. The fourth-order valence-electron chi connectivity index (χ4n) is 3.85. The first-order chi connectivity index (χ1) is 12.9. The molecule has 3 rings (SSSR count). The third-order valence-electron chi connectivity index (χ3n) is 5.25. The van der Waals surface area contributed by atoms with Gasteiger partial charge in [0.15, 0.2) is 0 Å². The van der Waals surface area contributed by atoms with Gasteiger partial charge in [0.2, 0.25) is 0 Å². The van der Waals surface area contributed by atoms with Crippen molar-refractivity contribution < 1.29 is 9.84 Å². The van der Waals surface area contributed by atoms with E-state index in [9.17, 15) is 5.11 Å². The quantitative estimate of drug-likeness (QED) is 0.789. The van der Waals surface area contributed by atoms with Crippen LogP contribution in [0.15, 0.2) is 59.6 Å². The molecule has 3 heteroatoms. The molecule has 0 saturated heterocycles. The minimum absolute atomic E-state index is 0.0186. The van der Waals surface area contributed by atoms with Gasteiger partial charge in [-0.2, -0.15) is 0 Å². The molecular weight excluding hydrogens is 334 g/mol. The van der Waals surface area contributed by atoms with E-state index in [4.69, 9.17) is 9.73 Å². The predicted octanol–water partition coefficient (Wildman–Crippen LogP) is 4.60. The summed E-state index contributed by atoms with van der Waals surface area (Å²) in [6, 6.07) is 10.8. The van der Waals surface area contributed by atoms with Gasteiger partial charge in [0.05, 0.1) is 25.0 Å². The van der Waals surface area contributed by atoms with Crippen molar-refractivity contribution in [2.75, 3.05) is 20.3 Å². The molecule has 27 heavy (non-hydrogen) atoms. The zero-order valence-electron chi connectivity index (χ0n) is 16.7. The summed E-state index contributed by atoms with van der Waals surface area (Å²) in [5.74, 6) is 0. The Morgan fingerprint density at radius 2 is 2.00 bits per heavy atom. The van der Waals surface area contributed by atoms with Gasteiger partial charge in [-0.25, -0.2) is 0 Å². The SMILES string of the molecule is C=CC1=NC(/C(=C/COC)CO)Cc2c1cc(C(C)(C)C)c1ccccc21. The lowest BCUT2D eigenvalue weighted by Crippen LogP contribution is -2.25. The second-order valence-corrected chi connectivity index (χ2v) is 8.08. The van der Waals surface area contributed by atoms with Crippen LogP contribution in [-0.2, 0) is 16.6 Å². The lowest BCUT2D eigenvalue weighted by molar-refractivity contribution is 0.231. The van der Waals surface area contributed by atoms with E-state index in [1.165, 1.54) is 21.9 Å². The van der Waals surface area contributed by atoms with E-state index in [0.29, 0.717) is 6.61 Å². The van der Waals surface area contributed by atoms with Crippen molar-refractivity contribution in [3.63, 3.8) is 0 Å². The van der Waals surface area contributed by atoms with Crippen LogP contribution in [0.1, 0.15) is 37.5 Å². The van der Waals surface area contributed by atoms with E-state index < -0.39 is 0 Å². The molecule has 0 aromatic heterocycles. The molecule has 0 fully saturated rings. The number of benzene rings is 2. The molecule has 2 aromatic carbocycles. The predicted molar refractivity (Wildman–Crippen MR) is 114 cm³/mol. The van der Waals surface area contributed by atoms with Crippen molar-refractivity contribution in [3.05, 3.63) is 71.3 Å². The van der Waals surface area contributed by atoms with E-state index in [1.807, 2.05) is 12.2 Å². The molecule has 2 aromatic rings. The number of ether oxygens (including phenoxy) is 1. The Morgan fingerprint density at radius 1 is 1.30 bits per heavy atom. The number of aliphatic hydroxyl groups excluding tert-OH is 1. The summed E-state index contributed by atoms with van der Waals surface area (Å²) >= 11 is 0. The molecule has 3 nitrogen and oxygen atoms in total. The van der Waals surface area contributed by atoms with Gasteiger partial charge in [-0.1, -0.05) is 57.7 Å². The molecule has 0 bridgehead atoms. The smallest absolute Gasteiger partial charge is 0.0780 e. The second-order valence-electron chi connectivity index (χ2n) is 8.08. The molecule has 0 aliphatic carbocycles. The summed E-state index contributed by atoms with van der Waals surface area (Å²) in [6.45, 7) is 11.2. The van der Waals surface area contributed by atoms with Crippen molar-refractivity contribution in [1.29, 1.82) is 0 Å². The summed E-state index contributed by atoms with van der Waals surface area (Å²) < 4.78 is 5.15. The van der Waals surface area contributed by atoms with Crippen LogP contribution in [0.4, 0.5) is 0 Å². The maximum atomic E-state index is 9.86. The highest BCUT2D eigenvalue weighted by Gasteiger charge is 2.27. The highest BCUT2D eigenvalue weighted by Crippen LogP contribution is 2.37. The molecule has 0 spiro atoms. The van der Waals surface area contributed by atoms with Crippen LogP contribution in [0, 0.1) is 0 Å². The number of aliphatic imine (C=N–C) groups is 1. The van der Waals surface area contributed by atoms with E-state index in [2.05, 4.69) is 57.7 Å². The molecule has 142 valence electrons. The fourth-order valence-corrected chi connectivity index (χ4v) is 3.85. The monoisotopic (exact) mass is 363 g/mol. The first-order valence-electron chi connectivity index (χ1n) is 9.45. The van der Waals surface area contributed by atoms with Gasteiger partial charge in [0.25, 0.3) is 0 Å². The van der Waals surface area contributed by atoms with E-state index in [1.54, 1.807) is 7.11 Å². The van der Waals surface area contributed by atoms with Crippen LogP contribution >= 0.6 is 0 Å². The van der Waals surface area contributed by atoms with Gasteiger partial charge in [0.1, 0.15) is 0 Å². The Hall–Kier alpha value is -2.23. The number of nitrogens with zero attached hydrogens (tertiary/aromatic N) is 1. The maximum absolute atomic E-state index is 9.86. The van der Waals surface area contributed by atoms with Crippen LogP contribution in [0.3, 0.4) is 0 Å². The Balaban J connectivity index is 2.23. The molecule has 1 unspecified atom stereocenters. The van der Waals surface area contributed by atoms with Gasteiger partial charge >= 0.3 is 0 Å². The molecule has 1 atom stereocenters. The van der Waals surface area contributed by atoms with Crippen molar-refractivity contribution in [3.8, 4) is 0 Å². The lowest BCUT2D eigenvalue weighted by atomic mass is 9.78. The molecule has 1 N–H and O–H groups in total. The minimum atomic E-state index is -0.0884. The fraction of sp³-hybridized carbons (Fsp3) is 0.375. The van der Waals surface area contributed by atoms with Crippen LogP contribution < -0.4 is 0 Å². The van der Waals surface area contributed by atoms with Gasteiger partial charge in [-0.15, -0.1) is 0 Å². The first kappa shape index (κ1) is 19.5. The van der Waals surface area contributed by atoms with Crippen LogP contribution in [-0.4, -0.2) is 37.2 Å². The number of rotatable bonds is 5. The summed E-state index contributed by atoms with van der Waals surface area (Å²) in [7, 11) is 1.65. The normalized spacial score (nSPS) is 17.6. The van der Waals surface area contributed by atoms with Gasteiger partial charge in [0, 0.05) is 12.7 Å². The van der Waals surface area contributed by atoms with Crippen molar-refractivity contribution >= 4 is 16.5 Å². The number of fused-ring (bicyclic) bond motifs is 3. The first-order valence-corrected chi connectivity index (χ1v) is 9.45. The van der Waals surface area contributed by atoms with E-state index in [0.717, 1.165) is 23.3 Å². The van der Waals surface area contributed by atoms with Crippen molar-refractivity contribution in [1.82, 2.24) is 0 Å². The molecule has 1 aliphatic heterocycles.